The fraction of sp³-hybridized carbons (Fsp3) is 0.400. The van der Waals surface area contributed by atoms with Crippen molar-refractivity contribution in [1.82, 2.24) is 4.98 Å². The van der Waals surface area contributed by atoms with Crippen LogP contribution in [-0.2, 0) is 6.42 Å². The molecule has 0 aromatic carbocycles. The van der Waals surface area contributed by atoms with Gasteiger partial charge in [0, 0.05) is 12.4 Å². The zero-order chi connectivity index (χ0) is 8.39. The predicted octanol–water partition coefficient (Wildman–Crippen LogP) is 2.03. The van der Waals surface area contributed by atoms with Crippen LogP contribution in [0.2, 0.25) is 0 Å². The zero-order valence-corrected chi connectivity index (χ0v) is 6.83. The summed E-state index contributed by atoms with van der Waals surface area (Å²) in [4.78, 5) is 4.08. The van der Waals surface area contributed by atoms with Crippen LogP contribution < -0.4 is 0 Å². The Morgan fingerprint density at radius 1 is 1.58 bits per heavy atom. The lowest BCUT2D eigenvalue weighted by atomic mass is 10.0. The largest absolute Gasteiger partial charge is 0.264 e. The van der Waals surface area contributed by atoms with Gasteiger partial charge >= 0.3 is 0 Å². The van der Waals surface area contributed by atoms with Gasteiger partial charge in [-0.3, -0.25) is 4.98 Å². The molecule has 2 heteroatoms. The first-order valence-electron chi connectivity index (χ1n) is 4.21. The average Bonchev–Trinajstić information content (AvgIpc) is 2.89. The number of hydrogen-bond donors (Lipinski definition) is 0. The third-order valence-electron chi connectivity index (χ3n) is 2.23. The van der Waals surface area contributed by atoms with E-state index in [2.05, 4.69) is 11.1 Å². The van der Waals surface area contributed by atoms with Crippen LogP contribution in [0.4, 0.5) is 0 Å². The average molecular weight is 158 g/mol. The van der Waals surface area contributed by atoms with Gasteiger partial charge in [-0.2, -0.15) is 5.26 Å². The summed E-state index contributed by atoms with van der Waals surface area (Å²) in [5, 5.41) is 8.58. The van der Waals surface area contributed by atoms with Crippen molar-refractivity contribution in [3.63, 3.8) is 0 Å². The highest BCUT2D eigenvalue weighted by Crippen LogP contribution is 2.41. The molecule has 0 amide bonds. The first-order chi connectivity index (χ1) is 5.92. The molecule has 1 aliphatic rings. The van der Waals surface area contributed by atoms with Crippen molar-refractivity contribution in [2.75, 3.05) is 0 Å². The van der Waals surface area contributed by atoms with Crippen LogP contribution in [0.5, 0.6) is 0 Å². The third kappa shape index (κ3) is 1.31. The molecule has 1 aromatic rings. The van der Waals surface area contributed by atoms with Crippen LogP contribution >= 0.6 is 0 Å². The van der Waals surface area contributed by atoms with Crippen molar-refractivity contribution in [2.24, 2.45) is 0 Å². The van der Waals surface area contributed by atoms with E-state index < -0.39 is 0 Å². The van der Waals surface area contributed by atoms with Gasteiger partial charge in [-0.1, -0.05) is 0 Å². The van der Waals surface area contributed by atoms with Gasteiger partial charge in [0.15, 0.2) is 0 Å². The number of rotatable bonds is 2. The van der Waals surface area contributed by atoms with Gasteiger partial charge in [-0.05, 0) is 36.0 Å². The highest BCUT2D eigenvalue weighted by Gasteiger charge is 2.25. The molecule has 0 unspecified atom stereocenters. The molecule has 1 aliphatic carbocycles. The predicted molar refractivity (Wildman–Crippen MR) is 45.5 cm³/mol. The van der Waals surface area contributed by atoms with Gasteiger partial charge < -0.3 is 0 Å². The van der Waals surface area contributed by atoms with Gasteiger partial charge in [0.25, 0.3) is 0 Å². The fourth-order valence-corrected chi connectivity index (χ4v) is 1.44. The van der Waals surface area contributed by atoms with Gasteiger partial charge in [0.05, 0.1) is 12.5 Å². The number of hydrogen-bond acceptors (Lipinski definition) is 2. The summed E-state index contributed by atoms with van der Waals surface area (Å²) in [5.74, 6) is 0.696. The maximum Gasteiger partial charge on any atom is 0.0669 e. The molecular formula is C10H10N2. The molecule has 0 N–H and O–H groups in total. The molecule has 1 saturated carbocycles. The first-order valence-corrected chi connectivity index (χ1v) is 4.21. The summed E-state index contributed by atoms with van der Waals surface area (Å²) in [6, 6.07) is 4.13. The van der Waals surface area contributed by atoms with Crippen molar-refractivity contribution in [1.29, 1.82) is 5.26 Å². The normalized spacial score (nSPS) is 15.6. The van der Waals surface area contributed by atoms with Crippen LogP contribution in [0.15, 0.2) is 18.5 Å². The molecule has 60 valence electrons. The lowest BCUT2D eigenvalue weighted by Gasteiger charge is -2.02. The Kier molecular flexibility index (Phi) is 1.79. The van der Waals surface area contributed by atoms with E-state index in [1.165, 1.54) is 18.4 Å². The highest BCUT2D eigenvalue weighted by atomic mass is 14.6. The van der Waals surface area contributed by atoms with Gasteiger partial charge in [-0.15, -0.1) is 0 Å². The number of nitriles is 1. The Balaban J connectivity index is 2.31. The lowest BCUT2D eigenvalue weighted by Crippen LogP contribution is -1.91. The molecule has 12 heavy (non-hydrogen) atoms. The van der Waals surface area contributed by atoms with Crippen molar-refractivity contribution >= 4 is 0 Å². The van der Waals surface area contributed by atoms with Crippen molar-refractivity contribution < 1.29 is 0 Å². The summed E-state index contributed by atoms with van der Waals surface area (Å²) in [6.45, 7) is 0. The summed E-state index contributed by atoms with van der Waals surface area (Å²) in [7, 11) is 0. The molecule has 2 rings (SSSR count). The second-order valence-corrected chi connectivity index (χ2v) is 3.18. The number of aromatic nitrogens is 1. The monoisotopic (exact) mass is 158 g/mol. The van der Waals surface area contributed by atoms with Crippen LogP contribution in [-0.4, -0.2) is 4.98 Å². The maximum absolute atomic E-state index is 8.58. The van der Waals surface area contributed by atoms with E-state index >= 15 is 0 Å². The third-order valence-corrected chi connectivity index (χ3v) is 2.23. The molecule has 0 spiro atoms. The van der Waals surface area contributed by atoms with E-state index in [0.717, 1.165) is 5.56 Å². The SMILES string of the molecule is N#CCc1ccncc1C1CC1. The Morgan fingerprint density at radius 2 is 2.42 bits per heavy atom. The van der Waals surface area contributed by atoms with Crippen molar-refractivity contribution in [2.45, 2.75) is 25.2 Å². The number of pyridine rings is 1. The Labute approximate surface area is 71.9 Å². The minimum absolute atomic E-state index is 0.522. The molecule has 1 heterocycles. The summed E-state index contributed by atoms with van der Waals surface area (Å²) in [6.07, 6.45) is 6.73. The fourth-order valence-electron chi connectivity index (χ4n) is 1.44. The lowest BCUT2D eigenvalue weighted by molar-refractivity contribution is 1.04. The molecule has 0 atom stereocenters. The smallest absolute Gasteiger partial charge is 0.0669 e. The van der Waals surface area contributed by atoms with E-state index in [9.17, 15) is 0 Å². The minimum atomic E-state index is 0.522. The molecule has 0 saturated heterocycles. The van der Waals surface area contributed by atoms with E-state index in [0.29, 0.717) is 12.3 Å². The summed E-state index contributed by atoms with van der Waals surface area (Å²) in [5.41, 5.74) is 2.45. The topological polar surface area (TPSA) is 36.7 Å². The Morgan fingerprint density at radius 3 is 3.08 bits per heavy atom. The molecule has 2 nitrogen and oxygen atoms in total. The maximum atomic E-state index is 8.58. The Hall–Kier alpha value is -1.36. The van der Waals surface area contributed by atoms with Crippen LogP contribution in [0.1, 0.15) is 29.9 Å². The standard InChI is InChI=1S/C10H10N2/c11-5-3-9-4-6-12-7-10(9)8-1-2-8/h4,6-8H,1-3H2. The van der Waals surface area contributed by atoms with E-state index in [1.807, 2.05) is 12.3 Å². The Bertz CT molecular complexity index is 321. The van der Waals surface area contributed by atoms with Crippen LogP contribution in [0.3, 0.4) is 0 Å². The van der Waals surface area contributed by atoms with E-state index in [1.54, 1.807) is 6.20 Å². The molecule has 0 bridgehead atoms. The second kappa shape index (κ2) is 2.94. The van der Waals surface area contributed by atoms with Gasteiger partial charge in [-0.25, -0.2) is 0 Å². The molecule has 1 fully saturated rings. The van der Waals surface area contributed by atoms with Crippen LogP contribution in [0.25, 0.3) is 0 Å². The molecule has 0 aliphatic heterocycles. The van der Waals surface area contributed by atoms with Crippen molar-refractivity contribution in [3.8, 4) is 6.07 Å². The van der Waals surface area contributed by atoms with Crippen LogP contribution in [0, 0.1) is 11.3 Å². The van der Waals surface area contributed by atoms with E-state index in [-0.39, 0.29) is 0 Å². The molecule has 0 radical (unpaired) electrons. The summed E-state index contributed by atoms with van der Waals surface area (Å²) >= 11 is 0. The summed E-state index contributed by atoms with van der Waals surface area (Å²) < 4.78 is 0. The molecule has 1 aromatic heterocycles. The number of nitrogens with zero attached hydrogens (tertiary/aromatic N) is 2. The minimum Gasteiger partial charge on any atom is -0.264 e. The first kappa shape index (κ1) is 7.30. The zero-order valence-electron chi connectivity index (χ0n) is 6.83. The quantitative estimate of drug-likeness (QED) is 0.660. The van der Waals surface area contributed by atoms with E-state index in [4.69, 9.17) is 5.26 Å². The second-order valence-electron chi connectivity index (χ2n) is 3.18. The van der Waals surface area contributed by atoms with Gasteiger partial charge in [0.2, 0.25) is 0 Å². The van der Waals surface area contributed by atoms with Crippen molar-refractivity contribution in [3.05, 3.63) is 29.6 Å². The highest BCUT2D eigenvalue weighted by molar-refractivity contribution is 5.31. The molecular weight excluding hydrogens is 148 g/mol. The van der Waals surface area contributed by atoms with Gasteiger partial charge in [0.1, 0.15) is 0 Å².